The van der Waals surface area contributed by atoms with E-state index in [0.717, 1.165) is 6.08 Å². The summed E-state index contributed by atoms with van der Waals surface area (Å²) in [5.41, 5.74) is 5.36. The second kappa shape index (κ2) is 4.87. The van der Waals surface area contributed by atoms with Gasteiger partial charge in [-0.25, -0.2) is 4.79 Å². The van der Waals surface area contributed by atoms with Crippen LogP contribution in [0, 0.1) is 0 Å². The molecular formula is C7H13NO3. The molecule has 2 atom stereocenters. The molecule has 2 unspecified atom stereocenters. The van der Waals surface area contributed by atoms with Gasteiger partial charge in [-0.3, -0.25) is 0 Å². The van der Waals surface area contributed by atoms with Crippen LogP contribution >= 0.6 is 0 Å². The molecule has 0 aliphatic rings. The smallest absolute Gasteiger partial charge is 0.330 e. The quantitative estimate of drug-likeness (QED) is 0.425. The van der Waals surface area contributed by atoms with Crippen molar-refractivity contribution in [3.63, 3.8) is 0 Å². The molecule has 0 saturated heterocycles. The minimum absolute atomic E-state index is 0.0164. The summed E-state index contributed by atoms with van der Waals surface area (Å²) in [7, 11) is 0. The summed E-state index contributed by atoms with van der Waals surface area (Å²) in [6.45, 7) is 4.76. The molecule has 0 aromatic carbocycles. The van der Waals surface area contributed by atoms with Crippen LogP contribution in [0.15, 0.2) is 12.7 Å². The number of nitrogens with two attached hydrogens (primary N) is 1. The van der Waals surface area contributed by atoms with Crippen LogP contribution in [-0.2, 0) is 9.53 Å². The van der Waals surface area contributed by atoms with Crippen LogP contribution < -0.4 is 5.73 Å². The van der Waals surface area contributed by atoms with Gasteiger partial charge in [0, 0.05) is 6.08 Å². The lowest BCUT2D eigenvalue weighted by atomic mass is 10.2. The highest BCUT2D eigenvalue weighted by Gasteiger charge is 2.10. The molecule has 64 valence electrons. The molecule has 11 heavy (non-hydrogen) atoms. The van der Waals surface area contributed by atoms with Crippen LogP contribution in [0.2, 0.25) is 0 Å². The number of esters is 1. The van der Waals surface area contributed by atoms with E-state index in [1.165, 1.54) is 6.92 Å². The molecule has 0 spiro atoms. The van der Waals surface area contributed by atoms with Crippen molar-refractivity contribution in [1.82, 2.24) is 0 Å². The van der Waals surface area contributed by atoms with Gasteiger partial charge in [-0.2, -0.15) is 0 Å². The lowest BCUT2D eigenvalue weighted by Gasteiger charge is -2.13. The molecule has 0 rings (SSSR count). The normalized spacial score (nSPS) is 15.2. The Labute approximate surface area is 65.6 Å². The molecule has 0 heterocycles. The molecule has 0 fully saturated rings. The molecule has 0 saturated carbocycles. The largest absolute Gasteiger partial charge is 0.461 e. The average Bonchev–Trinajstić information content (AvgIpc) is 1.99. The van der Waals surface area contributed by atoms with Gasteiger partial charge in [0.05, 0.1) is 12.1 Å². The van der Waals surface area contributed by atoms with Crippen molar-refractivity contribution in [3.8, 4) is 0 Å². The van der Waals surface area contributed by atoms with Crippen LogP contribution in [0.5, 0.6) is 0 Å². The first-order chi connectivity index (χ1) is 5.07. The first kappa shape index (κ1) is 10.1. The standard InChI is InChI=1S/C7H13NO3/c1-3-7(10)11-4-6(8)5(2)9/h3,5-6,9H,1,4,8H2,2H3. The van der Waals surface area contributed by atoms with Gasteiger partial charge in [-0.15, -0.1) is 0 Å². The predicted molar refractivity (Wildman–Crippen MR) is 40.8 cm³/mol. The Hall–Kier alpha value is -0.870. The number of carbonyl (C=O) groups is 1. The fraction of sp³-hybridized carbons (Fsp3) is 0.571. The summed E-state index contributed by atoms with van der Waals surface area (Å²) < 4.78 is 4.57. The van der Waals surface area contributed by atoms with E-state index in [1.807, 2.05) is 0 Å². The zero-order valence-corrected chi connectivity index (χ0v) is 6.49. The van der Waals surface area contributed by atoms with Gasteiger partial charge in [-0.05, 0) is 6.92 Å². The highest BCUT2D eigenvalue weighted by molar-refractivity contribution is 5.81. The number of hydrogen-bond donors (Lipinski definition) is 2. The topological polar surface area (TPSA) is 72.5 Å². The zero-order valence-electron chi connectivity index (χ0n) is 6.49. The number of ether oxygens (including phenoxy) is 1. The van der Waals surface area contributed by atoms with Crippen molar-refractivity contribution in [2.24, 2.45) is 5.73 Å². The summed E-state index contributed by atoms with van der Waals surface area (Å²) in [5.74, 6) is -0.527. The van der Waals surface area contributed by atoms with Crippen molar-refractivity contribution >= 4 is 5.97 Å². The maximum Gasteiger partial charge on any atom is 0.330 e. The van der Waals surface area contributed by atoms with Crippen molar-refractivity contribution in [2.75, 3.05) is 6.61 Å². The van der Waals surface area contributed by atoms with Gasteiger partial charge < -0.3 is 15.6 Å². The van der Waals surface area contributed by atoms with E-state index in [4.69, 9.17) is 10.8 Å². The fourth-order valence-electron chi connectivity index (χ4n) is 0.377. The second-order valence-corrected chi connectivity index (χ2v) is 2.24. The van der Waals surface area contributed by atoms with Gasteiger partial charge >= 0.3 is 5.97 Å². The maximum absolute atomic E-state index is 10.5. The summed E-state index contributed by atoms with van der Waals surface area (Å²) in [6, 6.07) is -0.529. The number of aliphatic hydroxyl groups excluding tert-OH is 1. The second-order valence-electron chi connectivity index (χ2n) is 2.24. The van der Waals surface area contributed by atoms with Gasteiger partial charge in [0.25, 0.3) is 0 Å². The van der Waals surface area contributed by atoms with Crippen molar-refractivity contribution in [3.05, 3.63) is 12.7 Å². The van der Waals surface area contributed by atoms with Gasteiger partial charge in [0.2, 0.25) is 0 Å². The van der Waals surface area contributed by atoms with E-state index in [-0.39, 0.29) is 6.61 Å². The van der Waals surface area contributed by atoms with Crippen molar-refractivity contribution < 1.29 is 14.6 Å². The predicted octanol–water partition coefficient (Wildman–Crippen LogP) is -0.576. The Morgan fingerprint density at radius 3 is 2.82 bits per heavy atom. The molecule has 0 aromatic rings. The van der Waals surface area contributed by atoms with Crippen LogP contribution in [0.25, 0.3) is 0 Å². The van der Waals surface area contributed by atoms with Gasteiger partial charge in [-0.1, -0.05) is 6.58 Å². The number of aliphatic hydroxyl groups is 1. The van der Waals surface area contributed by atoms with Gasteiger partial charge in [0.1, 0.15) is 6.61 Å². The first-order valence-corrected chi connectivity index (χ1v) is 3.30. The van der Waals surface area contributed by atoms with Crippen molar-refractivity contribution in [1.29, 1.82) is 0 Å². The SMILES string of the molecule is C=CC(=O)OCC(N)C(C)O. The van der Waals surface area contributed by atoms with E-state index in [9.17, 15) is 4.79 Å². The summed E-state index contributed by atoms with van der Waals surface area (Å²) in [5, 5.41) is 8.86. The Morgan fingerprint density at radius 1 is 1.91 bits per heavy atom. The van der Waals surface area contributed by atoms with Crippen LogP contribution in [0.4, 0.5) is 0 Å². The first-order valence-electron chi connectivity index (χ1n) is 3.30. The Bertz CT molecular complexity index is 145. The molecule has 0 radical (unpaired) electrons. The molecule has 3 N–H and O–H groups in total. The Kier molecular flexibility index (Phi) is 4.49. The van der Waals surface area contributed by atoms with Crippen LogP contribution in [-0.4, -0.2) is 29.8 Å². The molecule has 0 aromatic heterocycles. The average molecular weight is 159 g/mol. The molecule has 0 amide bonds. The van der Waals surface area contributed by atoms with E-state index in [2.05, 4.69) is 11.3 Å². The van der Waals surface area contributed by atoms with Crippen LogP contribution in [0.3, 0.4) is 0 Å². The molecule has 0 bridgehead atoms. The van der Waals surface area contributed by atoms with E-state index < -0.39 is 18.1 Å². The Morgan fingerprint density at radius 2 is 2.45 bits per heavy atom. The highest BCUT2D eigenvalue weighted by Crippen LogP contribution is 1.90. The molecular weight excluding hydrogens is 146 g/mol. The molecule has 0 aliphatic carbocycles. The maximum atomic E-state index is 10.5. The van der Waals surface area contributed by atoms with E-state index in [1.54, 1.807) is 0 Å². The summed E-state index contributed by atoms with van der Waals surface area (Å²) in [4.78, 5) is 10.5. The third kappa shape index (κ3) is 4.52. The lowest BCUT2D eigenvalue weighted by molar-refractivity contribution is -0.138. The zero-order chi connectivity index (χ0) is 8.85. The third-order valence-corrected chi connectivity index (χ3v) is 1.20. The van der Waals surface area contributed by atoms with Crippen LogP contribution in [0.1, 0.15) is 6.92 Å². The Balaban J connectivity index is 3.53. The third-order valence-electron chi connectivity index (χ3n) is 1.20. The number of hydrogen-bond acceptors (Lipinski definition) is 4. The lowest BCUT2D eigenvalue weighted by Crippen LogP contribution is -2.37. The van der Waals surface area contributed by atoms with Crippen molar-refractivity contribution in [2.45, 2.75) is 19.1 Å². The van der Waals surface area contributed by atoms with Gasteiger partial charge in [0.15, 0.2) is 0 Å². The minimum Gasteiger partial charge on any atom is -0.461 e. The number of rotatable bonds is 4. The summed E-state index contributed by atoms with van der Waals surface area (Å²) >= 11 is 0. The monoisotopic (exact) mass is 159 g/mol. The van der Waals surface area contributed by atoms with E-state index in [0.29, 0.717) is 0 Å². The van der Waals surface area contributed by atoms with E-state index >= 15 is 0 Å². The number of carbonyl (C=O) groups excluding carboxylic acids is 1. The molecule has 4 nitrogen and oxygen atoms in total. The summed E-state index contributed by atoms with van der Waals surface area (Å²) in [6.07, 6.45) is 0.377. The minimum atomic E-state index is -0.674. The molecule has 0 aliphatic heterocycles. The highest BCUT2D eigenvalue weighted by atomic mass is 16.5. The molecule has 4 heteroatoms. The fourth-order valence-corrected chi connectivity index (χ4v) is 0.377.